The van der Waals surface area contributed by atoms with Gasteiger partial charge in [-0.2, -0.15) is 15.5 Å². The van der Waals surface area contributed by atoms with Gasteiger partial charge in [0.1, 0.15) is 17.1 Å². The molecule has 0 saturated carbocycles. The Balaban J connectivity index is 1.62. The molecule has 3 heterocycles. The van der Waals surface area contributed by atoms with E-state index in [0.29, 0.717) is 42.9 Å². The molecular formula is C25H26N8O2. The Labute approximate surface area is 203 Å². The van der Waals surface area contributed by atoms with Gasteiger partial charge in [-0.1, -0.05) is 24.1 Å². The van der Waals surface area contributed by atoms with Crippen LogP contribution in [-0.2, 0) is 11.3 Å². The summed E-state index contributed by atoms with van der Waals surface area (Å²) >= 11 is 0. The number of nitrogens with zero attached hydrogens (tertiary/aromatic N) is 6. The molecule has 1 atom stereocenters. The van der Waals surface area contributed by atoms with Crippen molar-refractivity contribution in [3.8, 4) is 29.2 Å². The number of amides is 2. The van der Waals surface area contributed by atoms with Gasteiger partial charge in [0.15, 0.2) is 0 Å². The lowest BCUT2D eigenvalue weighted by Gasteiger charge is -2.18. The van der Waals surface area contributed by atoms with E-state index in [4.69, 9.17) is 11.5 Å². The fourth-order valence-electron chi connectivity index (χ4n) is 4.40. The zero-order chi connectivity index (χ0) is 24.9. The van der Waals surface area contributed by atoms with Crippen LogP contribution in [0.4, 0.5) is 5.82 Å². The molecule has 1 aliphatic rings. The predicted molar refractivity (Wildman–Crippen MR) is 130 cm³/mol. The summed E-state index contributed by atoms with van der Waals surface area (Å²) < 4.78 is 3.33. The van der Waals surface area contributed by atoms with E-state index in [1.165, 1.54) is 0 Å². The fraction of sp³-hybridized carbons (Fsp3) is 0.320. The van der Waals surface area contributed by atoms with Crippen LogP contribution in [0.25, 0.3) is 11.3 Å². The summed E-state index contributed by atoms with van der Waals surface area (Å²) in [4.78, 5) is 26.2. The van der Waals surface area contributed by atoms with Crippen LogP contribution in [0.3, 0.4) is 0 Å². The van der Waals surface area contributed by atoms with Crippen molar-refractivity contribution in [3.63, 3.8) is 0 Å². The SMILES string of the molecule is CC#CC(=O)N1CCC[C@H](n2nc(-c3cnn(Cc4ccccc4C#N)c3)c(C(N)=O)c2N)CC1. The molecule has 2 amide bonds. The maximum Gasteiger partial charge on any atom is 0.298 e. The summed E-state index contributed by atoms with van der Waals surface area (Å²) in [7, 11) is 0. The van der Waals surface area contributed by atoms with Crippen molar-refractivity contribution in [2.24, 2.45) is 5.73 Å². The van der Waals surface area contributed by atoms with Crippen molar-refractivity contribution in [1.29, 1.82) is 5.26 Å². The summed E-state index contributed by atoms with van der Waals surface area (Å²) in [6.07, 6.45) is 5.49. The second-order valence-corrected chi connectivity index (χ2v) is 8.37. The zero-order valence-corrected chi connectivity index (χ0v) is 19.4. The Hall–Kier alpha value is -4.57. The van der Waals surface area contributed by atoms with E-state index in [2.05, 4.69) is 28.1 Å². The third kappa shape index (κ3) is 4.87. The van der Waals surface area contributed by atoms with Gasteiger partial charge in [-0.05, 0) is 43.7 Å². The van der Waals surface area contributed by atoms with E-state index in [1.54, 1.807) is 39.6 Å². The van der Waals surface area contributed by atoms with Crippen LogP contribution in [0, 0.1) is 23.2 Å². The molecule has 0 bridgehead atoms. The van der Waals surface area contributed by atoms with Gasteiger partial charge >= 0.3 is 0 Å². The molecule has 4 N–H and O–H groups in total. The summed E-state index contributed by atoms with van der Waals surface area (Å²) in [6, 6.07) is 9.39. The first-order valence-corrected chi connectivity index (χ1v) is 11.3. The number of primary amides is 1. The molecule has 0 radical (unpaired) electrons. The molecule has 0 unspecified atom stereocenters. The second-order valence-electron chi connectivity index (χ2n) is 8.37. The highest BCUT2D eigenvalue weighted by Crippen LogP contribution is 2.32. The third-order valence-corrected chi connectivity index (χ3v) is 6.13. The van der Waals surface area contributed by atoms with E-state index >= 15 is 0 Å². The number of likely N-dealkylation sites (tertiary alicyclic amines) is 1. The summed E-state index contributed by atoms with van der Waals surface area (Å²) in [6.45, 7) is 3.16. The highest BCUT2D eigenvalue weighted by molar-refractivity contribution is 6.03. The molecule has 10 heteroatoms. The monoisotopic (exact) mass is 470 g/mol. The molecule has 10 nitrogen and oxygen atoms in total. The number of benzene rings is 1. The Morgan fingerprint density at radius 1 is 1.23 bits per heavy atom. The topological polar surface area (TPSA) is 149 Å². The minimum atomic E-state index is -0.671. The number of rotatable bonds is 5. The molecule has 4 rings (SSSR count). The number of hydrogen-bond acceptors (Lipinski definition) is 6. The van der Waals surface area contributed by atoms with E-state index < -0.39 is 5.91 Å². The van der Waals surface area contributed by atoms with Gasteiger partial charge in [-0.25, -0.2) is 4.68 Å². The maximum atomic E-state index is 12.3. The molecule has 0 aliphatic carbocycles. The average Bonchev–Trinajstić information content (AvgIpc) is 3.35. The van der Waals surface area contributed by atoms with Crippen molar-refractivity contribution < 1.29 is 9.59 Å². The molecule has 1 fully saturated rings. The van der Waals surface area contributed by atoms with E-state index in [-0.39, 0.29) is 23.3 Å². The van der Waals surface area contributed by atoms with E-state index in [0.717, 1.165) is 18.4 Å². The standard InChI is InChI=1S/C25H26N8O2/c1-2-6-21(34)31-11-5-9-20(10-12-31)33-24(27)22(25(28)35)23(30-33)19-14-29-32(16-19)15-18-8-4-3-7-17(18)13-26/h3-4,7-8,14,16,20H,5,9-12,15,27H2,1H3,(H2,28,35)/t20-/m0/s1. The first-order chi connectivity index (χ1) is 16.9. The van der Waals surface area contributed by atoms with Crippen molar-refractivity contribution in [2.75, 3.05) is 18.8 Å². The van der Waals surface area contributed by atoms with Crippen LogP contribution in [0.15, 0.2) is 36.7 Å². The van der Waals surface area contributed by atoms with Gasteiger partial charge in [0.25, 0.3) is 11.8 Å². The van der Waals surface area contributed by atoms with Gasteiger partial charge in [-0.3, -0.25) is 14.3 Å². The number of aromatic nitrogens is 4. The first-order valence-electron chi connectivity index (χ1n) is 11.3. The zero-order valence-electron chi connectivity index (χ0n) is 19.4. The number of nitriles is 1. The van der Waals surface area contributed by atoms with Crippen LogP contribution < -0.4 is 11.5 Å². The van der Waals surface area contributed by atoms with Crippen molar-refractivity contribution in [3.05, 3.63) is 53.3 Å². The van der Waals surface area contributed by atoms with Crippen LogP contribution in [0.1, 0.15) is 53.7 Å². The second kappa shape index (κ2) is 10.1. The van der Waals surface area contributed by atoms with Gasteiger partial charge in [0, 0.05) is 24.8 Å². The number of carbonyl (C=O) groups is 2. The molecule has 1 aromatic carbocycles. The molecule has 1 aliphatic heterocycles. The number of anilines is 1. The van der Waals surface area contributed by atoms with Gasteiger partial charge in [-0.15, -0.1) is 0 Å². The number of carbonyl (C=O) groups excluding carboxylic acids is 2. The first kappa shape index (κ1) is 23.6. The highest BCUT2D eigenvalue weighted by atomic mass is 16.2. The maximum absolute atomic E-state index is 12.3. The lowest BCUT2D eigenvalue weighted by Crippen LogP contribution is -2.31. The van der Waals surface area contributed by atoms with Crippen LogP contribution in [-0.4, -0.2) is 49.4 Å². The predicted octanol–water partition coefficient (Wildman–Crippen LogP) is 1.92. The van der Waals surface area contributed by atoms with Gasteiger partial charge in [0.05, 0.1) is 30.4 Å². The Morgan fingerprint density at radius 3 is 2.77 bits per heavy atom. The summed E-state index contributed by atoms with van der Waals surface area (Å²) in [5.41, 5.74) is 14.6. The fourth-order valence-corrected chi connectivity index (χ4v) is 4.40. The lowest BCUT2D eigenvalue weighted by molar-refractivity contribution is -0.125. The van der Waals surface area contributed by atoms with E-state index in [9.17, 15) is 14.9 Å². The number of nitrogen functional groups attached to an aromatic ring is 1. The van der Waals surface area contributed by atoms with Crippen LogP contribution >= 0.6 is 0 Å². The van der Waals surface area contributed by atoms with Gasteiger partial charge < -0.3 is 16.4 Å². The molecular weight excluding hydrogens is 444 g/mol. The largest absolute Gasteiger partial charge is 0.383 e. The molecule has 35 heavy (non-hydrogen) atoms. The summed E-state index contributed by atoms with van der Waals surface area (Å²) in [5, 5.41) is 18.4. The molecule has 3 aromatic rings. The third-order valence-electron chi connectivity index (χ3n) is 6.13. The highest BCUT2D eigenvalue weighted by Gasteiger charge is 2.28. The molecule has 2 aromatic heterocycles. The molecule has 178 valence electrons. The van der Waals surface area contributed by atoms with Crippen molar-refractivity contribution >= 4 is 17.6 Å². The Morgan fingerprint density at radius 2 is 2.03 bits per heavy atom. The van der Waals surface area contributed by atoms with Gasteiger partial charge in [0.2, 0.25) is 0 Å². The van der Waals surface area contributed by atoms with Crippen molar-refractivity contribution in [2.45, 2.75) is 38.8 Å². The Bertz CT molecular complexity index is 1370. The van der Waals surface area contributed by atoms with Crippen LogP contribution in [0.2, 0.25) is 0 Å². The van der Waals surface area contributed by atoms with E-state index in [1.807, 2.05) is 18.2 Å². The van der Waals surface area contributed by atoms with Crippen molar-refractivity contribution in [1.82, 2.24) is 24.5 Å². The normalized spacial score (nSPS) is 15.5. The quantitative estimate of drug-likeness (QED) is 0.544. The van der Waals surface area contributed by atoms with Crippen LogP contribution in [0.5, 0.6) is 0 Å². The smallest absolute Gasteiger partial charge is 0.298 e. The number of nitrogens with two attached hydrogens (primary N) is 2. The summed E-state index contributed by atoms with van der Waals surface area (Å²) in [5.74, 6) is 4.58. The minimum Gasteiger partial charge on any atom is -0.383 e. The molecule has 1 saturated heterocycles. The molecule has 0 spiro atoms. The minimum absolute atomic E-state index is 0.0909. The number of hydrogen-bond donors (Lipinski definition) is 2. The Kier molecular flexibility index (Phi) is 6.83. The lowest BCUT2D eigenvalue weighted by atomic mass is 10.1. The average molecular weight is 471 g/mol.